The van der Waals surface area contributed by atoms with E-state index in [9.17, 15) is 19.8 Å². The Balaban J connectivity index is 2.67. The number of amides is 1. The second kappa shape index (κ2) is 8.89. The van der Waals surface area contributed by atoms with Gasteiger partial charge in [0.25, 0.3) is 0 Å². The van der Waals surface area contributed by atoms with Crippen LogP contribution in [0.15, 0.2) is 18.2 Å². The summed E-state index contributed by atoms with van der Waals surface area (Å²) in [5.74, 6) is -1.75. The SMILES string of the molecule is CCOC(=O)CNC(=O)C(CCO)Cc1ccc(O)cc1O. The van der Waals surface area contributed by atoms with Crippen molar-refractivity contribution in [3.8, 4) is 11.5 Å². The number of esters is 1. The third-order valence-electron chi connectivity index (χ3n) is 3.10. The Bertz CT molecular complexity index is 517. The van der Waals surface area contributed by atoms with E-state index in [-0.39, 0.29) is 44.1 Å². The number of phenols is 2. The minimum absolute atomic E-state index is 0.0771. The molecule has 0 heterocycles. The summed E-state index contributed by atoms with van der Waals surface area (Å²) in [6, 6.07) is 4.09. The molecule has 0 radical (unpaired) electrons. The third-order valence-corrected chi connectivity index (χ3v) is 3.10. The van der Waals surface area contributed by atoms with Gasteiger partial charge in [0.2, 0.25) is 5.91 Å². The molecule has 0 aliphatic heterocycles. The molecule has 1 rings (SSSR count). The highest BCUT2D eigenvalue weighted by atomic mass is 16.5. The molecule has 122 valence electrons. The zero-order valence-electron chi connectivity index (χ0n) is 12.4. The number of aliphatic hydroxyl groups excluding tert-OH is 1. The Kier molecular flexibility index (Phi) is 7.18. The van der Waals surface area contributed by atoms with Crippen LogP contribution < -0.4 is 5.32 Å². The molecule has 0 bridgehead atoms. The van der Waals surface area contributed by atoms with Gasteiger partial charge in [-0.05, 0) is 31.4 Å². The summed E-state index contributed by atoms with van der Waals surface area (Å²) in [6.45, 7) is 1.46. The number of hydrogen-bond acceptors (Lipinski definition) is 6. The number of hydrogen-bond donors (Lipinski definition) is 4. The number of aromatic hydroxyl groups is 2. The van der Waals surface area contributed by atoms with E-state index in [2.05, 4.69) is 5.32 Å². The Hall–Kier alpha value is -2.28. The van der Waals surface area contributed by atoms with Crippen LogP contribution in [0.3, 0.4) is 0 Å². The van der Waals surface area contributed by atoms with Crippen LogP contribution in [0.1, 0.15) is 18.9 Å². The van der Waals surface area contributed by atoms with Crippen molar-refractivity contribution in [3.05, 3.63) is 23.8 Å². The van der Waals surface area contributed by atoms with E-state index in [1.54, 1.807) is 6.92 Å². The summed E-state index contributed by atoms with van der Waals surface area (Å²) in [5.41, 5.74) is 0.475. The van der Waals surface area contributed by atoms with Gasteiger partial charge < -0.3 is 25.4 Å². The molecule has 1 unspecified atom stereocenters. The van der Waals surface area contributed by atoms with Crippen LogP contribution in [0.25, 0.3) is 0 Å². The molecule has 1 aromatic carbocycles. The Morgan fingerprint density at radius 1 is 1.32 bits per heavy atom. The van der Waals surface area contributed by atoms with Crippen LogP contribution in [-0.4, -0.2) is 47.0 Å². The molecule has 1 amide bonds. The molecule has 0 saturated heterocycles. The molecule has 1 atom stereocenters. The van der Waals surface area contributed by atoms with E-state index in [1.165, 1.54) is 18.2 Å². The van der Waals surface area contributed by atoms with Crippen LogP contribution in [0.2, 0.25) is 0 Å². The number of benzene rings is 1. The zero-order valence-corrected chi connectivity index (χ0v) is 12.4. The lowest BCUT2D eigenvalue weighted by atomic mass is 9.95. The van der Waals surface area contributed by atoms with Crippen molar-refractivity contribution in [2.75, 3.05) is 19.8 Å². The fourth-order valence-corrected chi connectivity index (χ4v) is 1.99. The van der Waals surface area contributed by atoms with Crippen LogP contribution >= 0.6 is 0 Å². The van der Waals surface area contributed by atoms with Gasteiger partial charge in [-0.1, -0.05) is 6.07 Å². The predicted molar refractivity (Wildman–Crippen MR) is 78.3 cm³/mol. The molecular weight excluding hydrogens is 290 g/mol. The highest BCUT2D eigenvalue weighted by Crippen LogP contribution is 2.25. The maximum Gasteiger partial charge on any atom is 0.325 e. The third kappa shape index (κ3) is 5.61. The molecule has 1 aromatic rings. The molecule has 4 N–H and O–H groups in total. The van der Waals surface area contributed by atoms with Gasteiger partial charge in [-0.3, -0.25) is 9.59 Å². The first-order valence-corrected chi connectivity index (χ1v) is 7.03. The fraction of sp³-hybridized carbons (Fsp3) is 0.467. The molecule has 22 heavy (non-hydrogen) atoms. The smallest absolute Gasteiger partial charge is 0.325 e. The van der Waals surface area contributed by atoms with Crippen molar-refractivity contribution in [2.45, 2.75) is 19.8 Å². The fourth-order valence-electron chi connectivity index (χ4n) is 1.99. The van der Waals surface area contributed by atoms with Gasteiger partial charge >= 0.3 is 5.97 Å². The quantitative estimate of drug-likeness (QED) is 0.514. The molecule has 0 saturated carbocycles. The molecule has 0 spiro atoms. The highest BCUT2D eigenvalue weighted by molar-refractivity contribution is 5.83. The molecule has 0 aliphatic rings. The van der Waals surface area contributed by atoms with Gasteiger partial charge in [0.05, 0.1) is 6.61 Å². The lowest BCUT2D eigenvalue weighted by Gasteiger charge is -2.16. The summed E-state index contributed by atoms with van der Waals surface area (Å²) in [4.78, 5) is 23.3. The second-order valence-electron chi connectivity index (χ2n) is 4.75. The van der Waals surface area contributed by atoms with Crippen molar-refractivity contribution in [2.24, 2.45) is 5.92 Å². The minimum atomic E-state index is -0.602. The zero-order chi connectivity index (χ0) is 16.5. The minimum Gasteiger partial charge on any atom is -0.508 e. The standard InChI is InChI=1S/C15H21NO6/c1-2-22-14(20)9-16-15(21)11(5-6-17)7-10-3-4-12(18)8-13(10)19/h3-4,8,11,17-19H,2,5-7,9H2,1H3,(H,16,21). The number of nitrogens with one attached hydrogen (secondary N) is 1. The Morgan fingerprint density at radius 3 is 2.64 bits per heavy atom. The average molecular weight is 311 g/mol. The number of carbonyl (C=O) groups excluding carboxylic acids is 2. The molecule has 0 aliphatic carbocycles. The normalized spacial score (nSPS) is 11.7. The highest BCUT2D eigenvalue weighted by Gasteiger charge is 2.20. The average Bonchev–Trinajstić information content (AvgIpc) is 2.47. The van der Waals surface area contributed by atoms with Crippen LogP contribution in [0, 0.1) is 5.92 Å². The number of phenolic OH excluding ortho intramolecular Hbond substituents is 2. The summed E-state index contributed by atoms with van der Waals surface area (Å²) >= 11 is 0. The van der Waals surface area contributed by atoms with E-state index in [0.29, 0.717) is 5.56 Å². The summed E-state index contributed by atoms with van der Waals surface area (Å²) < 4.78 is 4.71. The maximum absolute atomic E-state index is 12.1. The van der Waals surface area contributed by atoms with Crippen molar-refractivity contribution in [1.29, 1.82) is 0 Å². The molecule has 0 fully saturated rings. The van der Waals surface area contributed by atoms with Crippen LogP contribution in [0.5, 0.6) is 11.5 Å². The Labute approximate surface area is 128 Å². The van der Waals surface area contributed by atoms with Crippen molar-refractivity contribution in [3.63, 3.8) is 0 Å². The van der Waals surface area contributed by atoms with Crippen LogP contribution in [-0.2, 0) is 20.7 Å². The number of carbonyl (C=O) groups is 2. The van der Waals surface area contributed by atoms with E-state index >= 15 is 0 Å². The lowest BCUT2D eigenvalue weighted by Crippen LogP contribution is -2.36. The summed E-state index contributed by atoms with van der Waals surface area (Å²) in [5, 5.41) is 30.5. The molecule has 0 aromatic heterocycles. The van der Waals surface area contributed by atoms with Crippen molar-refractivity contribution >= 4 is 11.9 Å². The number of ether oxygens (including phenoxy) is 1. The van der Waals surface area contributed by atoms with E-state index < -0.39 is 17.8 Å². The lowest BCUT2D eigenvalue weighted by molar-refractivity contribution is -0.143. The first-order valence-electron chi connectivity index (χ1n) is 7.03. The van der Waals surface area contributed by atoms with E-state index in [1.807, 2.05) is 0 Å². The monoisotopic (exact) mass is 311 g/mol. The van der Waals surface area contributed by atoms with Gasteiger partial charge in [-0.2, -0.15) is 0 Å². The van der Waals surface area contributed by atoms with E-state index in [0.717, 1.165) is 0 Å². The first-order chi connectivity index (χ1) is 10.5. The molecule has 7 heteroatoms. The van der Waals surface area contributed by atoms with Gasteiger partial charge in [0.1, 0.15) is 18.0 Å². The van der Waals surface area contributed by atoms with E-state index in [4.69, 9.17) is 9.84 Å². The topological polar surface area (TPSA) is 116 Å². The van der Waals surface area contributed by atoms with Gasteiger partial charge in [-0.15, -0.1) is 0 Å². The predicted octanol–water partition coefficient (Wildman–Crippen LogP) is 0.318. The molecular formula is C15H21NO6. The van der Waals surface area contributed by atoms with Crippen molar-refractivity contribution in [1.82, 2.24) is 5.32 Å². The Morgan fingerprint density at radius 2 is 2.05 bits per heavy atom. The van der Waals surface area contributed by atoms with Gasteiger partial charge in [0.15, 0.2) is 0 Å². The molecule has 7 nitrogen and oxygen atoms in total. The number of aliphatic hydroxyl groups is 1. The summed E-state index contributed by atoms with van der Waals surface area (Å²) in [6.07, 6.45) is 0.371. The largest absolute Gasteiger partial charge is 0.508 e. The maximum atomic E-state index is 12.1. The van der Waals surface area contributed by atoms with Crippen molar-refractivity contribution < 1.29 is 29.6 Å². The number of rotatable bonds is 8. The van der Waals surface area contributed by atoms with Gasteiger partial charge in [0, 0.05) is 18.6 Å². The second-order valence-corrected chi connectivity index (χ2v) is 4.75. The first kappa shape index (κ1) is 17.8. The van der Waals surface area contributed by atoms with Gasteiger partial charge in [-0.25, -0.2) is 0 Å². The van der Waals surface area contributed by atoms with Crippen LogP contribution in [0.4, 0.5) is 0 Å². The summed E-state index contributed by atoms with van der Waals surface area (Å²) in [7, 11) is 0.